The predicted octanol–water partition coefficient (Wildman–Crippen LogP) is 2.98. The maximum absolute atomic E-state index is 15.4. The summed E-state index contributed by atoms with van der Waals surface area (Å²) in [6, 6.07) is 4.73. The Morgan fingerprint density at radius 2 is 1.83 bits per heavy atom. The molecule has 2 fully saturated rings. The summed E-state index contributed by atoms with van der Waals surface area (Å²) in [5, 5.41) is 0.859. The molecule has 1 aromatic carbocycles. The van der Waals surface area contributed by atoms with E-state index in [9.17, 15) is 9.59 Å². The highest BCUT2D eigenvalue weighted by Crippen LogP contribution is 2.67. The number of nitrogens with two attached hydrogens (primary N) is 1. The molecule has 2 N–H and O–H groups in total. The number of carbonyl (C=O) groups excluding carboxylic acids is 2. The van der Waals surface area contributed by atoms with Crippen LogP contribution in [0.15, 0.2) is 18.2 Å². The van der Waals surface area contributed by atoms with Gasteiger partial charge in [-0.15, -0.1) is 0 Å². The first kappa shape index (κ1) is 22.3. The van der Waals surface area contributed by atoms with Crippen molar-refractivity contribution < 1.29 is 23.5 Å². The molecule has 2 aliphatic carbocycles. The molecule has 0 unspecified atom stereocenters. The van der Waals surface area contributed by atoms with Gasteiger partial charge >= 0.3 is 11.9 Å². The number of fused-ring (bicyclic) bond motifs is 1. The minimum absolute atomic E-state index is 0.0571. The molecule has 3 rings (SSSR count). The van der Waals surface area contributed by atoms with Gasteiger partial charge in [-0.05, 0) is 45.0 Å². The van der Waals surface area contributed by atoms with E-state index in [1.807, 2.05) is 11.0 Å². The number of alkyl halides is 1. The standard InChI is InChI=1S/C20H25Cl2FN2O4/c1-4-28-17(26)19(23)12-9-15(20(24,16(12)19)18(27)29-5-2)25(3)10-11-6-7-13(21)14(22)8-11/h6-8,12,15-16H,4-5,9-10,24H2,1-3H3/t12-,15-,16+,19-,20+/m1/s1. The van der Waals surface area contributed by atoms with Gasteiger partial charge in [-0.3, -0.25) is 4.90 Å². The van der Waals surface area contributed by atoms with Crippen molar-refractivity contribution in [3.8, 4) is 0 Å². The number of likely N-dealkylation sites (N-methyl/N-ethyl adjacent to an activating group) is 1. The molecular formula is C20H25Cl2FN2O4. The lowest BCUT2D eigenvalue weighted by atomic mass is 9.85. The minimum Gasteiger partial charge on any atom is -0.465 e. The largest absolute Gasteiger partial charge is 0.465 e. The van der Waals surface area contributed by atoms with Gasteiger partial charge in [0.25, 0.3) is 0 Å². The second kappa shape index (κ2) is 8.02. The first-order valence-electron chi connectivity index (χ1n) is 9.58. The maximum atomic E-state index is 15.4. The summed E-state index contributed by atoms with van der Waals surface area (Å²) < 4.78 is 25.5. The summed E-state index contributed by atoms with van der Waals surface area (Å²) in [6.45, 7) is 3.84. The molecule has 0 aromatic heterocycles. The molecule has 2 saturated carbocycles. The molecule has 5 atom stereocenters. The fourth-order valence-corrected chi connectivity index (χ4v) is 5.00. The van der Waals surface area contributed by atoms with Gasteiger partial charge in [0.05, 0.1) is 23.3 Å². The lowest BCUT2D eigenvalue weighted by Gasteiger charge is -2.39. The van der Waals surface area contributed by atoms with Gasteiger partial charge in [-0.25, -0.2) is 14.0 Å². The van der Waals surface area contributed by atoms with E-state index in [1.165, 1.54) is 0 Å². The number of ether oxygens (including phenoxy) is 2. The number of nitrogens with zero attached hydrogens (tertiary/aromatic N) is 1. The number of hydrogen-bond acceptors (Lipinski definition) is 6. The van der Waals surface area contributed by atoms with Crippen molar-refractivity contribution >= 4 is 35.1 Å². The normalized spacial score (nSPS) is 32.8. The van der Waals surface area contributed by atoms with Crippen LogP contribution in [0.4, 0.5) is 4.39 Å². The lowest BCUT2D eigenvalue weighted by molar-refractivity contribution is -0.158. The molecule has 0 saturated heterocycles. The number of hydrogen-bond donors (Lipinski definition) is 1. The molecular weight excluding hydrogens is 422 g/mol. The molecule has 0 heterocycles. The molecule has 1 aromatic rings. The molecule has 0 spiro atoms. The fourth-order valence-electron chi connectivity index (χ4n) is 4.68. The van der Waals surface area contributed by atoms with E-state index >= 15 is 4.39 Å². The maximum Gasteiger partial charge on any atom is 0.344 e. The first-order chi connectivity index (χ1) is 13.6. The second-order valence-corrected chi connectivity index (χ2v) is 8.46. The van der Waals surface area contributed by atoms with E-state index in [1.54, 1.807) is 33.0 Å². The third kappa shape index (κ3) is 3.52. The number of halogens is 3. The Balaban J connectivity index is 1.86. The number of carbonyl (C=O) groups is 2. The zero-order valence-corrected chi connectivity index (χ0v) is 18.1. The van der Waals surface area contributed by atoms with Gasteiger partial charge in [0.2, 0.25) is 5.67 Å². The summed E-state index contributed by atoms with van der Waals surface area (Å²) >= 11 is 12.1. The highest BCUT2D eigenvalue weighted by atomic mass is 35.5. The monoisotopic (exact) mass is 446 g/mol. The van der Waals surface area contributed by atoms with E-state index in [2.05, 4.69) is 0 Å². The summed E-state index contributed by atoms with van der Waals surface area (Å²) in [5.74, 6) is -3.33. The average molecular weight is 447 g/mol. The molecule has 2 aliphatic rings. The molecule has 29 heavy (non-hydrogen) atoms. The number of esters is 2. The Morgan fingerprint density at radius 3 is 2.41 bits per heavy atom. The van der Waals surface area contributed by atoms with Crippen molar-refractivity contribution in [3.05, 3.63) is 33.8 Å². The smallest absolute Gasteiger partial charge is 0.344 e. The van der Waals surface area contributed by atoms with Crippen molar-refractivity contribution in [2.24, 2.45) is 17.6 Å². The summed E-state index contributed by atoms with van der Waals surface area (Å²) in [6.07, 6.45) is 0.243. The van der Waals surface area contributed by atoms with Crippen molar-refractivity contribution in [1.29, 1.82) is 0 Å². The van der Waals surface area contributed by atoms with E-state index in [4.69, 9.17) is 38.4 Å². The molecule has 0 amide bonds. The van der Waals surface area contributed by atoms with E-state index in [0.717, 1.165) is 5.56 Å². The van der Waals surface area contributed by atoms with Crippen LogP contribution in [0.5, 0.6) is 0 Å². The Kier molecular flexibility index (Phi) is 6.16. The van der Waals surface area contributed by atoms with E-state index < -0.39 is 41.0 Å². The van der Waals surface area contributed by atoms with Gasteiger partial charge < -0.3 is 15.2 Å². The number of rotatable bonds is 7. The van der Waals surface area contributed by atoms with Gasteiger partial charge in [0, 0.05) is 24.4 Å². The van der Waals surface area contributed by atoms with Gasteiger partial charge in [-0.2, -0.15) is 0 Å². The summed E-state index contributed by atoms with van der Waals surface area (Å²) in [4.78, 5) is 26.9. The topological polar surface area (TPSA) is 81.9 Å². The third-order valence-electron chi connectivity index (χ3n) is 5.99. The van der Waals surface area contributed by atoms with Crippen LogP contribution in [0.2, 0.25) is 10.0 Å². The highest BCUT2D eigenvalue weighted by Gasteiger charge is 2.85. The van der Waals surface area contributed by atoms with Crippen LogP contribution >= 0.6 is 23.2 Å². The van der Waals surface area contributed by atoms with Crippen LogP contribution in [0.25, 0.3) is 0 Å². The van der Waals surface area contributed by atoms with Crippen LogP contribution in [0.3, 0.4) is 0 Å². The first-order valence-corrected chi connectivity index (χ1v) is 10.3. The van der Waals surface area contributed by atoms with Crippen molar-refractivity contribution in [3.63, 3.8) is 0 Å². The van der Waals surface area contributed by atoms with Gasteiger partial charge in [0.1, 0.15) is 5.54 Å². The van der Waals surface area contributed by atoms with Crippen LogP contribution in [0.1, 0.15) is 25.8 Å². The Labute approximate surface area is 179 Å². The molecule has 0 bridgehead atoms. The molecule has 0 aliphatic heterocycles. The van der Waals surface area contributed by atoms with Crippen molar-refractivity contribution in [2.75, 3.05) is 20.3 Å². The lowest BCUT2D eigenvalue weighted by Crippen LogP contribution is -2.64. The highest BCUT2D eigenvalue weighted by molar-refractivity contribution is 6.42. The molecule has 9 heteroatoms. The molecule has 160 valence electrons. The summed E-state index contributed by atoms with van der Waals surface area (Å²) in [7, 11) is 1.79. The Hall–Kier alpha value is -1.41. The average Bonchev–Trinajstić information content (AvgIpc) is 3.13. The zero-order chi connectivity index (χ0) is 21.6. The molecule has 6 nitrogen and oxygen atoms in total. The fraction of sp³-hybridized carbons (Fsp3) is 0.600. The zero-order valence-electron chi connectivity index (χ0n) is 16.6. The van der Waals surface area contributed by atoms with Crippen molar-refractivity contribution in [2.45, 2.75) is 44.1 Å². The van der Waals surface area contributed by atoms with Crippen LogP contribution in [-0.2, 0) is 25.6 Å². The second-order valence-electron chi connectivity index (χ2n) is 7.64. The quantitative estimate of drug-likeness (QED) is 0.648. The minimum atomic E-state index is -2.25. The molecule has 0 radical (unpaired) electrons. The van der Waals surface area contributed by atoms with E-state index in [0.29, 0.717) is 16.6 Å². The van der Waals surface area contributed by atoms with Crippen LogP contribution in [-0.4, -0.2) is 54.3 Å². The van der Waals surface area contributed by atoms with Crippen molar-refractivity contribution in [1.82, 2.24) is 4.90 Å². The SMILES string of the molecule is CCOC(=O)[C@@]1(N)[C@H]2[C@@H](C[C@H]1N(C)Cc1ccc(Cl)c(Cl)c1)[C@]2(F)C(=O)OCC. The Morgan fingerprint density at radius 1 is 1.21 bits per heavy atom. The third-order valence-corrected chi connectivity index (χ3v) is 6.73. The summed E-state index contributed by atoms with van der Waals surface area (Å²) in [5.41, 5.74) is 3.48. The van der Waals surface area contributed by atoms with Gasteiger partial charge in [-0.1, -0.05) is 29.3 Å². The van der Waals surface area contributed by atoms with E-state index in [-0.39, 0.29) is 19.6 Å². The van der Waals surface area contributed by atoms with Crippen LogP contribution in [0, 0.1) is 11.8 Å². The predicted molar refractivity (Wildman–Crippen MR) is 107 cm³/mol. The van der Waals surface area contributed by atoms with Gasteiger partial charge in [0.15, 0.2) is 0 Å². The van der Waals surface area contributed by atoms with Crippen LogP contribution < -0.4 is 5.73 Å². The number of benzene rings is 1. The Bertz CT molecular complexity index is 826.